The van der Waals surface area contributed by atoms with Gasteiger partial charge in [-0.05, 0) is 43.5 Å². The molecule has 0 amide bonds. The number of hydrogen-bond donors (Lipinski definition) is 2. The molecule has 2 rings (SSSR count). The summed E-state index contributed by atoms with van der Waals surface area (Å²) in [5.74, 6) is 1.50. The fourth-order valence-electron chi connectivity index (χ4n) is 1.89. The molecule has 1 atom stereocenters. The number of aromatic nitrogens is 2. The van der Waals surface area contributed by atoms with E-state index in [1.807, 2.05) is 24.3 Å². The quantitative estimate of drug-likeness (QED) is 0.812. The summed E-state index contributed by atoms with van der Waals surface area (Å²) in [6, 6.07) is 10.2. The summed E-state index contributed by atoms with van der Waals surface area (Å²) < 4.78 is 0. The van der Waals surface area contributed by atoms with Crippen molar-refractivity contribution in [1.82, 2.24) is 9.97 Å². The van der Waals surface area contributed by atoms with Gasteiger partial charge >= 0.3 is 0 Å². The van der Waals surface area contributed by atoms with Crippen LogP contribution in [-0.2, 0) is 6.42 Å². The van der Waals surface area contributed by atoms with Crippen LogP contribution in [0.4, 0.5) is 11.8 Å². The second-order valence-corrected chi connectivity index (χ2v) is 5.46. The van der Waals surface area contributed by atoms with E-state index in [1.165, 1.54) is 5.56 Å². The number of nitrogens with zero attached hydrogens (tertiary/aromatic N) is 2. The van der Waals surface area contributed by atoms with Gasteiger partial charge in [0.2, 0.25) is 5.95 Å². The SMILES string of the molecule is CCC(C)Nc1ccnc(NCCc2cccc(Cl)c2)n1. The summed E-state index contributed by atoms with van der Waals surface area (Å²) in [6.07, 6.45) is 3.70. The number of nitrogens with one attached hydrogen (secondary N) is 2. The molecule has 2 aromatic rings. The summed E-state index contributed by atoms with van der Waals surface area (Å²) in [6.45, 7) is 5.05. The molecule has 0 radical (unpaired) electrons. The molecule has 2 N–H and O–H groups in total. The molecule has 4 nitrogen and oxygen atoms in total. The Bertz CT molecular complexity index is 574. The van der Waals surface area contributed by atoms with Gasteiger partial charge in [0.05, 0.1) is 0 Å². The van der Waals surface area contributed by atoms with Gasteiger partial charge in [0.1, 0.15) is 5.82 Å². The average molecular weight is 305 g/mol. The van der Waals surface area contributed by atoms with E-state index in [0.717, 1.165) is 30.2 Å². The second-order valence-electron chi connectivity index (χ2n) is 5.03. The van der Waals surface area contributed by atoms with Crippen molar-refractivity contribution in [1.29, 1.82) is 0 Å². The predicted octanol–water partition coefficient (Wildman–Crippen LogP) is 4.00. The van der Waals surface area contributed by atoms with Crippen LogP contribution in [0.1, 0.15) is 25.8 Å². The van der Waals surface area contributed by atoms with Crippen molar-refractivity contribution in [2.75, 3.05) is 17.2 Å². The zero-order chi connectivity index (χ0) is 15.1. The molecule has 0 aliphatic carbocycles. The van der Waals surface area contributed by atoms with Crippen molar-refractivity contribution in [3.8, 4) is 0 Å². The third-order valence-corrected chi connectivity index (χ3v) is 3.48. The highest BCUT2D eigenvalue weighted by Crippen LogP contribution is 2.12. The molecule has 112 valence electrons. The van der Waals surface area contributed by atoms with Crippen LogP contribution in [0.5, 0.6) is 0 Å². The van der Waals surface area contributed by atoms with E-state index in [0.29, 0.717) is 12.0 Å². The lowest BCUT2D eigenvalue weighted by Crippen LogP contribution is -2.15. The lowest BCUT2D eigenvalue weighted by atomic mass is 10.1. The molecule has 0 spiro atoms. The predicted molar refractivity (Wildman–Crippen MR) is 89.1 cm³/mol. The van der Waals surface area contributed by atoms with Crippen LogP contribution in [0, 0.1) is 0 Å². The van der Waals surface area contributed by atoms with Crippen molar-refractivity contribution in [3.63, 3.8) is 0 Å². The van der Waals surface area contributed by atoms with Crippen LogP contribution in [0.25, 0.3) is 0 Å². The molecular weight excluding hydrogens is 284 g/mol. The smallest absolute Gasteiger partial charge is 0.224 e. The molecule has 0 saturated carbocycles. The van der Waals surface area contributed by atoms with E-state index in [2.05, 4.69) is 40.5 Å². The molecule has 1 unspecified atom stereocenters. The number of rotatable bonds is 7. The topological polar surface area (TPSA) is 49.8 Å². The van der Waals surface area contributed by atoms with Crippen LogP contribution >= 0.6 is 11.6 Å². The van der Waals surface area contributed by atoms with E-state index < -0.39 is 0 Å². The summed E-state index contributed by atoms with van der Waals surface area (Å²) in [5, 5.41) is 7.35. The van der Waals surface area contributed by atoms with Crippen LogP contribution in [0.15, 0.2) is 36.5 Å². The lowest BCUT2D eigenvalue weighted by Gasteiger charge is -2.12. The first-order chi connectivity index (χ1) is 10.2. The summed E-state index contributed by atoms with van der Waals surface area (Å²) in [4.78, 5) is 8.68. The van der Waals surface area contributed by atoms with Gasteiger partial charge in [-0.3, -0.25) is 0 Å². The molecule has 0 bridgehead atoms. The Kier molecular flexibility index (Phi) is 5.81. The molecule has 0 fully saturated rings. The number of benzene rings is 1. The van der Waals surface area contributed by atoms with E-state index >= 15 is 0 Å². The van der Waals surface area contributed by atoms with Crippen LogP contribution in [0.3, 0.4) is 0 Å². The Morgan fingerprint density at radius 2 is 2.14 bits per heavy atom. The third-order valence-electron chi connectivity index (χ3n) is 3.25. The molecular formula is C16H21ClN4. The van der Waals surface area contributed by atoms with Crippen LogP contribution < -0.4 is 10.6 Å². The van der Waals surface area contributed by atoms with Crippen molar-refractivity contribution in [2.45, 2.75) is 32.7 Å². The van der Waals surface area contributed by atoms with E-state index in [9.17, 15) is 0 Å². The number of hydrogen-bond acceptors (Lipinski definition) is 4. The maximum Gasteiger partial charge on any atom is 0.224 e. The van der Waals surface area contributed by atoms with Gasteiger partial charge in [-0.2, -0.15) is 4.98 Å². The Labute approximate surface area is 131 Å². The van der Waals surface area contributed by atoms with Gasteiger partial charge in [0.25, 0.3) is 0 Å². The summed E-state index contributed by atoms with van der Waals surface area (Å²) >= 11 is 5.97. The largest absolute Gasteiger partial charge is 0.367 e. The highest BCUT2D eigenvalue weighted by Gasteiger charge is 2.02. The minimum absolute atomic E-state index is 0.402. The molecule has 1 aromatic heterocycles. The van der Waals surface area contributed by atoms with Gasteiger partial charge < -0.3 is 10.6 Å². The first-order valence-corrected chi connectivity index (χ1v) is 7.63. The van der Waals surface area contributed by atoms with E-state index in [-0.39, 0.29) is 0 Å². The van der Waals surface area contributed by atoms with E-state index in [4.69, 9.17) is 11.6 Å². The standard InChI is InChI=1S/C16H21ClN4/c1-3-12(2)20-15-8-10-19-16(21-15)18-9-7-13-5-4-6-14(17)11-13/h4-6,8,10-12H,3,7,9H2,1-2H3,(H2,18,19,20,21). The van der Waals surface area contributed by atoms with Crippen molar-refractivity contribution in [2.24, 2.45) is 0 Å². The summed E-state index contributed by atoms with van der Waals surface area (Å²) in [5.41, 5.74) is 1.20. The minimum Gasteiger partial charge on any atom is -0.367 e. The van der Waals surface area contributed by atoms with E-state index in [1.54, 1.807) is 6.20 Å². The zero-order valence-corrected chi connectivity index (χ0v) is 13.2. The molecule has 1 aromatic carbocycles. The highest BCUT2D eigenvalue weighted by molar-refractivity contribution is 6.30. The Morgan fingerprint density at radius 1 is 1.29 bits per heavy atom. The third kappa shape index (κ3) is 5.23. The highest BCUT2D eigenvalue weighted by atomic mass is 35.5. The second kappa shape index (κ2) is 7.84. The van der Waals surface area contributed by atoms with Gasteiger partial charge in [0, 0.05) is 23.8 Å². The lowest BCUT2D eigenvalue weighted by molar-refractivity contribution is 0.758. The zero-order valence-electron chi connectivity index (χ0n) is 12.4. The van der Waals surface area contributed by atoms with Gasteiger partial charge in [-0.15, -0.1) is 0 Å². The first-order valence-electron chi connectivity index (χ1n) is 7.25. The fraction of sp³-hybridized carbons (Fsp3) is 0.375. The van der Waals surface area contributed by atoms with Crippen molar-refractivity contribution < 1.29 is 0 Å². The Balaban J connectivity index is 1.87. The van der Waals surface area contributed by atoms with Crippen molar-refractivity contribution in [3.05, 3.63) is 47.1 Å². The fourth-order valence-corrected chi connectivity index (χ4v) is 2.10. The maximum absolute atomic E-state index is 5.97. The van der Waals surface area contributed by atoms with Gasteiger partial charge in [-0.1, -0.05) is 30.7 Å². The number of halogens is 1. The van der Waals surface area contributed by atoms with Crippen LogP contribution in [-0.4, -0.2) is 22.6 Å². The molecule has 5 heteroatoms. The Hall–Kier alpha value is -1.81. The van der Waals surface area contributed by atoms with Crippen LogP contribution in [0.2, 0.25) is 5.02 Å². The maximum atomic E-state index is 5.97. The Morgan fingerprint density at radius 3 is 2.90 bits per heavy atom. The normalized spacial score (nSPS) is 12.0. The molecule has 21 heavy (non-hydrogen) atoms. The molecule has 0 saturated heterocycles. The molecule has 0 aliphatic heterocycles. The molecule has 1 heterocycles. The summed E-state index contributed by atoms with van der Waals surface area (Å²) in [7, 11) is 0. The minimum atomic E-state index is 0.402. The first kappa shape index (κ1) is 15.6. The average Bonchev–Trinajstić information content (AvgIpc) is 2.47. The molecule has 0 aliphatic rings. The van der Waals surface area contributed by atoms with Gasteiger partial charge in [-0.25, -0.2) is 4.98 Å². The van der Waals surface area contributed by atoms with Gasteiger partial charge in [0.15, 0.2) is 0 Å². The number of anilines is 2. The van der Waals surface area contributed by atoms with Crippen molar-refractivity contribution >= 4 is 23.4 Å². The monoisotopic (exact) mass is 304 g/mol.